The van der Waals surface area contributed by atoms with Gasteiger partial charge in [-0.25, -0.2) is 13.1 Å². The molecular formula is C10H14Cl2N2O3S. The van der Waals surface area contributed by atoms with Crippen molar-refractivity contribution in [1.82, 2.24) is 4.72 Å². The van der Waals surface area contributed by atoms with Crippen LogP contribution in [0.3, 0.4) is 0 Å². The minimum absolute atomic E-state index is 0.0553. The molecule has 0 aliphatic rings. The summed E-state index contributed by atoms with van der Waals surface area (Å²) in [5.74, 6) is 0. The summed E-state index contributed by atoms with van der Waals surface area (Å²) in [6.45, 7) is 1.44. The Labute approximate surface area is 116 Å². The third-order valence-corrected chi connectivity index (χ3v) is 4.77. The molecule has 0 aromatic heterocycles. The summed E-state index contributed by atoms with van der Waals surface area (Å²) in [7, 11) is -3.89. The number of rotatable bonds is 5. The van der Waals surface area contributed by atoms with E-state index in [1.807, 2.05) is 0 Å². The third-order valence-electron chi connectivity index (χ3n) is 2.32. The van der Waals surface area contributed by atoms with Gasteiger partial charge < -0.3 is 10.8 Å². The molecule has 1 rings (SSSR count). The van der Waals surface area contributed by atoms with Crippen LogP contribution in [0.4, 0.5) is 5.69 Å². The largest absolute Gasteiger partial charge is 0.399 e. The first-order chi connectivity index (χ1) is 8.31. The zero-order chi connectivity index (χ0) is 13.9. The smallest absolute Gasteiger partial charge is 0.243 e. The quantitative estimate of drug-likeness (QED) is 0.720. The fourth-order valence-corrected chi connectivity index (χ4v) is 3.91. The third kappa shape index (κ3) is 3.49. The molecule has 0 amide bonds. The van der Waals surface area contributed by atoms with E-state index in [0.717, 1.165) is 0 Å². The lowest BCUT2D eigenvalue weighted by molar-refractivity contribution is 0.254. The molecule has 8 heteroatoms. The first kappa shape index (κ1) is 15.5. The molecule has 0 unspecified atom stereocenters. The van der Waals surface area contributed by atoms with Crippen LogP contribution in [0.1, 0.15) is 13.3 Å². The topological polar surface area (TPSA) is 92.4 Å². The molecule has 1 atom stereocenters. The first-order valence-electron chi connectivity index (χ1n) is 5.19. The molecule has 4 N–H and O–H groups in total. The number of aliphatic hydroxyl groups excluding tert-OH is 1. The van der Waals surface area contributed by atoms with Crippen molar-refractivity contribution in [3.05, 3.63) is 22.2 Å². The van der Waals surface area contributed by atoms with Crippen LogP contribution in [0.25, 0.3) is 0 Å². The van der Waals surface area contributed by atoms with Crippen molar-refractivity contribution in [3.8, 4) is 0 Å². The van der Waals surface area contributed by atoms with Gasteiger partial charge in [0.05, 0.1) is 16.7 Å². The van der Waals surface area contributed by atoms with Crippen LogP contribution in [0.2, 0.25) is 10.0 Å². The van der Waals surface area contributed by atoms with Gasteiger partial charge in [-0.3, -0.25) is 0 Å². The van der Waals surface area contributed by atoms with Gasteiger partial charge in [-0.1, -0.05) is 30.1 Å². The van der Waals surface area contributed by atoms with E-state index in [1.165, 1.54) is 12.1 Å². The van der Waals surface area contributed by atoms with E-state index >= 15 is 0 Å². The van der Waals surface area contributed by atoms with Crippen molar-refractivity contribution in [2.24, 2.45) is 0 Å². The van der Waals surface area contributed by atoms with Crippen molar-refractivity contribution in [1.29, 1.82) is 0 Å². The number of nitrogens with two attached hydrogens (primary N) is 1. The van der Waals surface area contributed by atoms with E-state index in [1.54, 1.807) is 6.92 Å². The van der Waals surface area contributed by atoms with Gasteiger partial charge in [0.25, 0.3) is 0 Å². The predicted octanol–water partition coefficient (Wildman–Crippen LogP) is 1.62. The summed E-state index contributed by atoms with van der Waals surface area (Å²) in [6, 6.07) is 2.03. The number of hydrogen-bond acceptors (Lipinski definition) is 4. The van der Waals surface area contributed by atoms with Crippen LogP contribution in [0.15, 0.2) is 17.0 Å². The summed E-state index contributed by atoms with van der Waals surface area (Å²) in [6.07, 6.45) is 0.444. The van der Waals surface area contributed by atoms with Gasteiger partial charge in [-0.05, 0) is 18.6 Å². The minimum atomic E-state index is -3.89. The number of halogens is 2. The Morgan fingerprint density at radius 2 is 1.89 bits per heavy atom. The van der Waals surface area contributed by atoms with Gasteiger partial charge in [-0.15, -0.1) is 0 Å². The Bertz CT molecular complexity index is 507. The average Bonchev–Trinajstić information content (AvgIpc) is 2.23. The van der Waals surface area contributed by atoms with Gasteiger partial charge in [0.1, 0.15) is 4.90 Å². The van der Waals surface area contributed by atoms with E-state index in [0.29, 0.717) is 6.42 Å². The molecular weight excluding hydrogens is 299 g/mol. The minimum Gasteiger partial charge on any atom is -0.399 e. The average molecular weight is 313 g/mol. The van der Waals surface area contributed by atoms with Gasteiger partial charge in [0.2, 0.25) is 10.0 Å². The van der Waals surface area contributed by atoms with Crippen LogP contribution in [0, 0.1) is 0 Å². The fourth-order valence-electron chi connectivity index (χ4n) is 1.36. The number of aliphatic hydroxyl groups is 1. The van der Waals surface area contributed by atoms with Crippen LogP contribution in [-0.2, 0) is 10.0 Å². The number of anilines is 1. The first-order valence-corrected chi connectivity index (χ1v) is 7.43. The highest BCUT2D eigenvalue weighted by Crippen LogP contribution is 2.31. The Balaban J connectivity index is 3.21. The molecule has 0 heterocycles. The summed E-state index contributed by atoms with van der Waals surface area (Å²) in [4.78, 5) is -0.230. The standard InChI is InChI=1S/C10H14Cl2N2O3S/c1-2-7(5-15)14-18(16,17)10-8(11)3-6(13)4-9(10)12/h3-4,7,14-15H,2,5,13H2,1H3/t7-/m1/s1. The molecule has 18 heavy (non-hydrogen) atoms. The molecule has 5 nitrogen and oxygen atoms in total. The predicted molar refractivity (Wildman–Crippen MR) is 72.4 cm³/mol. The van der Waals surface area contributed by atoms with Gasteiger partial charge in [-0.2, -0.15) is 0 Å². The van der Waals surface area contributed by atoms with Crippen molar-refractivity contribution in [3.63, 3.8) is 0 Å². The number of sulfonamides is 1. The van der Waals surface area contributed by atoms with Gasteiger partial charge >= 0.3 is 0 Å². The maximum atomic E-state index is 12.1. The van der Waals surface area contributed by atoms with Gasteiger partial charge in [0.15, 0.2) is 0 Å². The maximum absolute atomic E-state index is 12.1. The van der Waals surface area contributed by atoms with Crippen molar-refractivity contribution < 1.29 is 13.5 Å². The van der Waals surface area contributed by atoms with E-state index in [2.05, 4.69) is 4.72 Å². The molecule has 0 radical (unpaired) electrons. The van der Waals surface area contributed by atoms with Crippen LogP contribution < -0.4 is 10.5 Å². The molecule has 1 aromatic carbocycles. The Morgan fingerprint density at radius 1 is 1.39 bits per heavy atom. The lowest BCUT2D eigenvalue weighted by Gasteiger charge is -2.16. The summed E-state index contributed by atoms with van der Waals surface area (Å²) >= 11 is 11.7. The van der Waals surface area contributed by atoms with Crippen molar-refractivity contribution in [2.75, 3.05) is 12.3 Å². The number of hydrogen-bond donors (Lipinski definition) is 3. The van der Waals surface area contributed by atoms with E-state index in [-0.39, 0.29) is 27.2 Å². The normalized spacial score (nSPS) is 13.6. The second-order valence-electron chi connectivity index (χ2n) is 3.72. The molecule has 0 bridgehead atoms. The lowest BCUT2D eigenvalue weighted by Crippen LogP contribution is -2.37. The molecule has 0 fully saturated rings. The highest BCUT2D eigenvalue weighted by Gasteiger charge is 2.24. The highest BCUT2D eigenvalue weighted by atomic mass is 35.5. The fraction of sp³-hybridized carbons (Fsp3) is 0.400. The number of benzene rings is 1. The second kappa shape index (κ2) is 6.08. The van der Waals surface area contributed by atoms with Crippen LogP contribution >= 0.6 is 23.2 Å². The Morgan fingerprint density at radius 3 is 2.28 bits per heavy atom. The molecule has 0 aliphatic carbocycles. The zero-order valence-electron chi connectivity index (χ0n) is 9.65. The van der Waals surface area contributed by atoms with E-state index in [9.17, 15) is 8.42 Å². The zero-order valence-corrected chi connectivity index (χ0v) is 12.0. The summed E-state index contributed by atoms with van der Waals surface area (Å²) in [5, 5.41) is 8.90. The SMILES string of the molecule is CC[C@H](CO)NS(=O)(=O)c1c(Cl)cc(N)cc1Cl. The number of nitrogen functional groups attached to an aromatic ring is 1. The molecule has 1 aromatic rings. The Kier molecular flexibility index (Phi) is 5.24. The van der Waals surface area contributed by atoms with E-state index in [4.69, 9.17) is 34.0 Å². The lowest BCUT2D eigenvalue weighted by atomic mass is 10.3. The molecule has 0 spiro atoms. The van der Waals surface area contributed by atoms with Crippen LogP contribution in [-0.4, -0.2) is 26.2 Å². The van der Waals surface area contributed by atoms with Gasteiger partial charge in [0, 0.05) is 11.7 Å². The molecule has 102 valence electrons. The Hall–Kier alpha value is -0.530. The van der Waals surface area contributed by atoms with E-state index < -0.39 is 16.1 Å². The van der Waals surface area contributed by atoms with Crippen molar-refractivity contribution >= 4 is 38.9 Å². The molecule has 0 aliphatic heterocycles. The number of nitrogens with one attached hydrogen (secondary N) is 1. The summed E-state index contributed by atoms with van der Waals surface area (Å²) < 4.78 is 26.5. The summed E-state index contributed by atoms with van der Waals surface area (Å²) in [5.41, 5.74) is 5.78. The molecule has 0 saturated heterocycles. The van der Waals surface area contributed by atoms with Crippen molar-refractivity contribution in [2.45, 2.75) is 24.3 Å². The maximum Gasteiger partial charge on any atom is 0.243 e. The molecule has 0 saturated carbocycles. The second-order valence-corrected chi connectivity index (χ2v) is 6.19. The van der Waals surface area contributed by atoms with Crippen LogP contribution in [0.5, 0.6) is 0 Å². The highest BCUT2D eigenvalue weighted by molar-refractivity contribution is 7.89. The monoisotopic (exact) mass is 312 g/mol.